The Bertz CT molecular complexity index is 151. The number of hydrogen-bond acceptors (Lipinski definition) is 3. The number of hydrazine groups is 1. The summed E-state index contributed by atoms with van der Waals surface area (Å²) < 4.78 is 0. The second-order valence-corrected chi connectivity index (χ2v) is 3.66. The molecule has 11 heavy (non-hydrogen) atoms. The van der Waals surface area contributed by atoms with Crippen LogP contribution >= 0.6 is 0 Å². The summed E-state index contributed by atoms with van der Waals surface area (Å²) in [4.78, 5) is 0. The van der Waals surface area contributed by atoms with Crippen LogP contribution in [0.4, 0.5) is 0 Å². The first-order valence-electron chi connectivity index (χ1n) is 4.47. The van der Waals surface area contributed by atoms with E-state index >= 15 is 0 Å². The molecule has 0 aromatic carbocycles. The van der Waals surface area contributed by atoms with Crippen LogP contribution in [0, 0.1) is 0 Å². The highest BCUT2D eigenvalue weighted by atomic mass is 16.3. The van der Waals surface area contributed by atoms with Crippen LogP contribution in [0.3, 0.4) is 0 Å². The molecule has 64 valence electrons. The normalized spacial score (nSPS) is 40.9. The predicted molar refractivity (Wildman–Crippen MR) is 43.0 cm³/mol. The smallest absolute Gasteiger partial charge is 0.0694 e. The van der Waals surface area contributed by atoms with Gasteiger partial charge in [0.05, 0.1) is 6.10 Å². The molecule has 2 saturated heterocycles. The Kier molecular flexibility index (Phi) is 1.87. The SMILES string of the molecule is CC1CCN2CC(O)CCN12. The lowest BCUT2D eigenvalue weighted by atomic mass is 10.2. The van der Waals surface area contributed by atoms with E-state index in [1.165, 1.54) is 6.42 Å². The summed E-state index contributed by atoms with van der Waals surface area (Å²) in [7, 11) is 0. The van der Waals surface area contributed by atoms with Crippen LogP contribution in [-0.2, 0) is 0 Å². The largest absolute Gasteiger partial charge is 0.392 e. The predicted octanol–water partition coefficient (Wildman–Crippen LogP) is 0.0622. The molecule has 2 aliphatic heterocycles. The van der Waals surface area contributed by atoms with Crippen molar-refractivity contribution in [1.82, 2.24) is 10.0 Å². The van der Waals surface area contributed by atoms with Crippen LogP contribution in [0.5, 0.6) is 0 Å². The maximum atomic E-state index is 9.37. The molecule has 0 amide bonds. The van der Waals surface area contributed by atoms with Gasteiger partial charge in [-0.1, -0.05) is 0 Å². The average Bonchev–Trinajstić information content (AvgIpc) is 2.32. The van der Waals surface area contributed by atoms with Crippen LogP contribution in [0.2, 0.25) is 0 Å². The van der Waals surface area contributed by atoms with Gasteiger partial charge < -0.3 is 5.11 Å². The van der Waals surface area contributed by atoms with E-state index in [1.54, 1.807) is 0 Å². The Labute approximate surface area is 67.6 Å². The van der Waals surface area contributed by atoms with Gasteiger partial charge in [0.25, 0.3) is 0 Å². The number of aliphatic hydroxyl groups excluding tert-OH is 1. The van der Waals surface area contributed by atoms with Crippen LogP contribution in [-0.4, -0.2) is 46.9 Å². The van der Waals surface area contributed by atoms with Gasteiger partial charge in [0.2, 0.25) is 0 Å². The van der Waals surface area contributed by atoms with E-state index in [4.69, 9.17) is 0 Å². The zero-order valence-corrected chi connectivity index (χ0v) is 7.03. The van der Waals surface area contributed by atoms with Gasteiger partial charge in [0, 0.05) is 25.7 Å². The molecule has 2 aliphatic rings. The van der Waals surface area contributed by atoms with Crippen molar-refractivity contribution in [2.75, 3.05) is 19.6 Å². The Hall–Kier alpha value is -0.120. The first-order valence-corrected chi connectivity index (χ1v) is 4.47. The van der Waals surface area contributed by atoms with E-state index in [2.05, 4.69) is 16.9 Å². The summed E-state index contributed by atoms with van der Waals surface area (Å²) in [5.74, 6) is 0. The lowest BCUT2D eigenvalue weighted by Gasteiger charge is -2.37. The molecule has 0 radical (unpaired) electrons. The summed E-state index contributed by atoms with van der Waals surface area (Å²) in [6, 6.07) is 0.697. The van der Waals surface area contributed by atoms with Crippen molar-refractivity contribution in [2.24, 2.45) is 0 Å². The van der Waals surface area contributed by atoms with Crippen molar-refractivity contribution in [3.63, 3.8) is 0 Å². The van der Waals surface area contributed by atoms with E-state index in [1.807, 2.05) is 0 Å². The molecular formula is C8H16N2O. The fraction of sp³-hybridized carbons (Fsp3) is 1.00. The van der Waals surface area contributed by atoms with E-state index in [-0.39, 0.29) is 6.10 Å². The van der Waals surface area contributed by atoms with E-state index < -0.39 is 0 Å². The van der Waals surface area contributed by atoms with Gasteiger partial charge in [-0.15, -0.1) is 0 Å². The second kappa shape index (κ2) is 2.73. The lowest BCUT2D eigenvalue weighted by Crippen LogP contribution is -2.49. The number of hydrogen-bond donors (Lipinski definition) is 1. The van der Waals surface area contributed by atoms with E-state index in [0.717, 1.165) is 26.1 Å². The molecule has 2 atom stereocenters. The number of nitrogens with zero attached hydrogens (tertiary/aromatic N) is 2. The molecule has 2 unspecified atom stereocenters. The van der Waals surface area contributed by atoms with Crippen molar-refractivity contribution < 1.29 is 5.11 Å². The molecule has 1 N–H and O–H groups in total. The topological polar surface area (TPSA) is 26.7 Å². The minimum Gasteiger partial charge on any atom is -0.392 e. The Balaban J connectivity index is 2.00. The van der Waals surface area contributed by atoms with Crippen LogP contribution in [0.15, 0.2) is 0 Å². The van der Waals surface area contributed by atoms with Gasteiger partial charge in [-0.3, -0.25) is 0 Å². The standard InChI is InChI=1S/C8H16N2O/c1-7-2-4-9-6-8(11)3-5-10(7)9/h7-8,11H,2-6H2,1H3. The summed E-state index contributed by atoms with van der Waals surface area (Å²) in [5.41, 5.74) is 0. The minimum absolute atomic E-state index is 0.0865. The van der Waals surface area contributed by atoms with Crippen molar-refractivity contribution in [1.29, 1.82) is 0 Å². The third-order valence-corrected chi connectivity index (χ3v) is 2.79. The second-order valence-electron chi connectivity index (χ2n) is 3.66. The van der Waals surface area contributed by atoms with E-state index in [0.29, 0.717) is 6.04 Å². The van der Waals surface area contributed by atoms with E-state index in [9.17, 15) is 5.11 Å². The van der Waals surface area contributed by atoms with Gasteiger partial charge in [0.1, 0.15) is 0 Å². The van der Waals surface area contributed by atoms with Crippen LogP contribution in [0.1, 0.15) is 19.8 Å². The highest BCUT2D eigenvalue weighted by Gasteiger charge is 2.33. The van der Waals surface area contributed by atoms with Gasteiger partial charge >= 0.3 is 0 Å². The van der Waals surface area contributed by atoms with Crippen LogP contribution < -0.4 is 0 Å². The molecule has 2 fully saturated rings. The highest BCUT2D eigenvalue weighted by molar-refractivity contribution is 4.81. The Morgan fingerprint density at radius 3 is 2.91 bits per heavy atom. The molecule has 0 aromatic rings. The number of rotatable bonds is 0. The molecule has 3 heteroatoms. The third kappa shape index (κ3) is 1.28. The van der Waals surface area contributed by atoms with Gasteiger partial charge in [0.15, 0.2) is 0 Å². The maximum absolute atomic E-state index is 9.37. The van der Waals surface area contributed by atoms with Crippen molar-refractivity contribution in [2.45, 2.75) is 31.9 Å². The maximum Gasteiger partial charge on any atom is 0.0694 e. The molecule has 0 saturated carbocycles. The van der Waals surface area contributed by atoms with Gasteiger partial charge in [-0.2, -0.15) is 0 Å². The minimum atomic E-state index is -0.0865. The third-order valence-electron chi connectivity index (χ3n) is 2.79. The molecular weight excluding hydrogens is 140 g/mol. The first-order chi connectivity index (χ1) is 5.27. The average molecular weight is 156 g/mol. The fourth-order valence-electron chi connectivity index (χ4n) is 2.07. The molecule has 0 aliphatic carbocycles. The monoisotopic (exact) mass is 156 g/mol. The highest BCUT2D eigenvalue weighted by Crippen LogP contribution is 2.22. The van der Waals surface area contributed by atoms with Crippen molar-refractivity contribution in [3.05, 3.63) is 0 Å². The molecule has 0 spiro atoms. The van der Waals surface area contributed by atoms with Gasteiger partial charge in [-0.05, 0) is 19.8 Å². The van der Waals surface area contributed by atoms with Gasteiger partial charge in [-0.25, -0.2) is 10.0 Å². The fourth-order valence-corrected chi connectivity index (χ4v) is 2.07. The first kappa shape index (κ1) is 7.53. The van der Waals surface area contributed by atoms with Crippen molar-refractivity contribution >= 4 is 0 Å². The zero-order valence-electron chi connectivity index (χ0n) is 7.03. The Morgan fingerprint density at radius 1 is 1.27 bits per heavy atom. The number of fused-ring (bicyclic) bond motifs is 1. The summed E-state index contributed by atoms with van der Waals surface area (Å²) in [6.07, 6.45) is 2.12. The van der Waals surface area contributed by atoms with Crippen molar-refractivity contribution in [3.8, 4) is 0 Å². The molecule has 0 bridgehead atoms. The number of aliphatic hydroxyl groups is 1. The molecule has 0 aromatic heterocycles. The summed E-state index contributed by atoms with van der Waals surface area (Å²) >= 11 is 0. The molecule has 2 heterocycles. The zero-order chi connectivity index (χ0) is 7.84. The summed E-state index contributed by atoms with van der Waals surface area (Å²) in [6.45, 7) is 5.29. The molecule has 2 rings (SSSR count). The Morgan fingerprint density at radius 2 is 2.09 bits per heavy atom. The quantitative estimate of drug-likeness (QED) is 0.537. The lowest BCUT2D eigenvalue weighted by molar-refractivity contribution is -0.0737. The molecule has 3 nitrogen and oxygen atoms in total. The summed E-state index contributed by atoms with van der Waals surface area (Å²) in [5, 5.41) is 14.1. The van der Waals surface area contributed by atoms with Crippen LogP contribution in [0.25, 0.3) is 0 Å².